The Hall–Kier alpha value is -3.83. The average Bonchev–Trinajstić information content (AvgIpc) is 3.33. The van der Waals surface area contributed by atoms with Crippen molar-refractivity contribution in [3.05, 3.63) is 63.6 Å². The molecule has 2 heterocycles. The molecule has 1 aromatic heterocycles. The van der Waals surface area contributed by atoms with Crippen molar-refractivity contribution < 1.29 is 23.8 Å². The van der Waals surface area contributed by atoms with E-state index < -0.39 is 11.9 Å². The van der Waals surface area contributed by atoms with Gasteiger partial charge in [-0.2, -0.15) is 0 Å². The Labute approximate surface area is 213 Å². The van der Waals surface area contributed by atoms with Crippen molar-refractivity contribution in [1.29, 1.82) is 0 Å². The molecule has 1 unspecified atom stereocenters. The number of carbonyl (C=O) groups excluding carboxylic acids is 2. The zero-order chi connectivity index (χ0) is 25.8. The third-order valence-electron chi connectivity index (χ3n) is 6.05. The lowest BCUT2D eigenvalue weighted by molar-refractivity contribution is 0.0999. The third kappa shape index (κ3) is 4.79. The van der Waals surface area contributed by atoms with Crippen LogP contribution in [0, 0.1) is 0 Å². The van der Waals surface area contributed by atoms with E-state index in [0.717, 1.165) is 16.1 Å². The number of rotatable bonds is 8. The minimum atomic E-state index is -0.598. The van der Waals surface area contributed by atoms with Gasteiger partial charge in [-0.1, -0.05) is 18.2 Å². The number of hydrogen-bond donors (Lipinski definition) is 2. The van der Waals surface area contributed by atoms with Crippen LogP contribution in [0.5, 0.6) is 11.5 Å². The standard InChI is InChI=1S/C25H29N5O5S/c1-33-13-12-29(15-8-9-19(34-2)20(14-15)35-3)25(32)30-11-10-18-22(36-24(28-18)23(27)31)21(30)16-6-4-5-7-17(16)26/h4-9,14,21H,10-13,26H2,1-3H3,(H2,27,31). The van der Waals surface area contributed by atoms with Crippen molar-refractivity contribution in [3.63, 3.8) is 0 Å². The first-order valence-corrected chi connectivity index (χ1v) is 12.1. The number of fused-ring (bicyclic) bond motifs is 1. The number of benzene rings is 2. The number of urea groups is 1. The number of aromatic nitrogens is 1. The summed E-state index contributed by atoms with van der Waals surface area (Å²) in [4.78, 5) is 34.7. The molecule has 190 valence electrons. The van der Waals surface area contributed by atoms with Crippen LogP contribution in [-0.2, 0) is 11.2 Å². The topological polar surface area (TPSA) is 133 Å². The van der Waals surface area contributed by atoms with Gasteiger partial charge in [-0.3, -0.25) is 9.69 Å². The minimum Gasteiger partial charge on any atom is -0.493 e. The molecule has 1 aliphatic rings. The van der Waals surface area contributed by atoms with E-state index in [1.165, 1.54) is 11.3 Å². The minimum absolute atomic E-state index is 0.213. The van der Waals surface area contributed by atoms with Gasteiger partial charge >= 0.3 is 6.03 Å². The van der Waals surface area contributed by atoms with E-state index in [0.29, 0.717) is 49.0 Å². The number of methoxy groups -OCH3 is 3. The SMILES string of the molecule is COCCN(C(=O)N1CCc2nc(C(N)=O)sc2C1c1ccccc1N)c1ccc(OC)c(OC)c1. The first kappa shape index (κ1) is 25.3. The van der Waals surface area contributed by atoms with Gasteiger partial charge in [0.25, 0.3) is 5.91 Å². The molecule has 3 amide bonds. The van der Waals surface area contributed by atoms with Crippen molar-refractivity contribution in [1.82, 2.24) is 9.88 Å². The molecule has 0 radical (unpaired) electrons. The summed E-state index contributed by atoms with van der Waals surface area (Å²) in [5.74, 6) is 0.462. The van der Waals surface area contributed by atoms with Crippen LogP contribution < -0.4 is 25.8 Å². The van der Waals surface area contributed by atoms with Crippen molar-refractivity contribution in [2.24, 2.45) is 5.73 Å². The summed E-state index contributed by atoms with van der Waals surface area (Å²) in [6, 6.07) is 11.9. The van der Waals surface area contributed by atoms with E-state index in [-0.39, 0.29) is 11.0 Å². The highest BCUT2D eigenvalue weighted by Gasteiger charge is 2.38. The number of primary amides is 1. The maximum atomic E-state index is 14.2. The van der Waals surface area contributed by atoms with Crippen LogP contribution in [0.2, 0.25) is 0 Å². The van der Waals surface area contributed by atoms with Crippen LogP contribution in [-0.4, -0.2) is 62.8 Å². The summed E-state index contributed by atoms with van der Waals surface area (Å²) < 4.78 is 16.1. The quantitative estimate of drug-likeness (QED) is 0.444. The van der Waals surface area contributed by atoms with Crippen molar-refractivity contribution in [2.75, 3.05) is 51.7 Å². The average molecular weight is 512 g/mol. The lowest BCUT2D eigenvalue weighted by Gasteiger charge is -2.39. The van der Waals surface area contributed by atoms with Gasteiger partial charge in [-0.15, -0.1) is 11.3 Å². The number of nitrogen functional groups attached to an aromatic ring is 1. The number of ether oxygens (including phenoxy) is 3. The van der Waals surface area contributed by atoms with Gasteiger partial charge in [-0.05, 0) is 18.2 Å². The number of thiazole rings is 1. The Morgan fingerprint density at radius 1 is 1.14 bits per heavy atom. The smallest absolute Gasteiger partial charge is 0.325 e. The molecule has 0 bridgehead atoms. The van der Waals surface area contributed by atoms with Gasteiger partial charge in [-0.25, -0.2) is 9.78 Å². The summed E-state index contributed by atoms with van der Waals surface area (Å²) in [5, 5.41) is 0.213. The molecule has 3 aromatic rings. The predicted octanol–water partition coefficient (Wildman–Crippen LogP) is 3.06. The summed E-state index contributed by atoms with van der Waals surface area (Å²) in [6.45, 7) is 1.01. The van der Waals surface area contributed by atoms with Gasteiger partial charge < -0.3 is 30.6 Å². The molecule has 1 aliphatic heterocycles. The Kier molecular flexibility index (Phi) is 7.61. The molecule has 0 fully saturated rings. The van der Waals surface area contributed by atoms with Crippen molar-refractivity contribution in [2.45, 2.75) is 12.5 Å². The molecule has 0 spiro atoms. The maximum Gasteiger partial charge on any atom is 0.325 e. The first-order chi connectivity index (χ1) is 17.4. The molecular formula is C25H29N5O5S. The van der Waals surface area contributed by atoms with Crippen LogP contribution >= 0.6 is 11.3 Å². The Morgan fingerprint density at radius 2 is 1.89 bits per heavy atom. The fourth-order valence-electron chi connectivity index (χ4n) is 4.30. The Bertz CT molecular complexity index is 1260. The normalized spacial score (nSPS) is 14.8. The lowest BCUT2D eigenvalue weighted by atomic mass is 9.96. The number of hydrogen-bond acceptors (Lipinski definition) is 8. The Balaban J connectivity index is 1.80. The van der Waals surface area contributed by atoms with E-state index >= 15 is 0 Å². The molecule has 36 heavy (non-hydrogen) atoms. The molecule has 0 saturated carbocycles. The first-order valence-electron chi connectivity index (χ1n) is 11.3. The zero-order valence-electron chi connectivity index (χ0n) is 20.4. The summed E-state index contributed by atoms with van der Waals surface area (Å²) >= 11 is 1.20. The van der Waals surface area contributed by atoms with E-state index in [1.54, 1.807) is 55.4 Å². The maximum absolute atomic E-state index is 14.2. The van der Waals surface area contributed by atoms with Gasteiger partial charge in [0.05, 0.1) is 44.0 Å². The van der Waals surface area contributed by atoms with Crippen LogP contribution in [0.1, 0.15) is 32.0 Å². The largest absolute Gasteiger partial charge is 0.493 e. The number of para-hydroxylation sites is 1. The van der Waals surface area contributed by atoms with Crippen LogP contribution in [0.3, 0.4) is 0 Å². The van der Waals surface area contributed by atoms with Crippen LogP contribution in [0.4, 0.5) is 16.2 Å². The number of nitrogens with zero attached hydrogens (tertiary/aromatic N) is 3. The summed E-state index contributed by atoms with van der Waals surface area (Å²) in [5.41, 5.74) is 14.6. The molecule has 4 N–H and O–H groups in total. The molecule has 1 atom stereocenters. The second-order valence-corrected chi connectivity index (χ2v) is 9.17. The fraction of sp³-hybridized carbons (Fsp3) is 0.320. The highest BCUT2D eigenvalue weighted by atomic mass is 32.1. The zero-order valence-corrected chi connectivity index (χ0v) is 21.2. The number of anilines is 2. The van der Waals surface area contributed by atoms with Gasteiger partial charge in [0.1, 0.15) is 0 Å². The molecule has 0 aliphatic carbocycles. The lowest BCUT2D eigenvalue weighted by Crippen LogP contribution is -2.49. The number of amides is 3. The highest BCUT2D eigenvalue weighted by molar-refractivity contribution is 7.13. The second kappa shape index (κ2) is 10.8. The van der Waals surface area contributed by atoms with E-state index in [4.69, 9.17) is 25.7 Å². The fourth-order valence-corrected chi connectivity index (χ4v) is 5.40. The van der Waals surface area contributed by atoms with Gasteiger partial charge in [0.2, 0.25) is 0 Å². The van der Waals surface area contributed by atoms with Gasteiger partial charge in [0.15, 0.2) is 16.5 Å². The van der Waals surface area contributed by atoms with Crippen molar-refractivity contribution >= 4 is 34.6 Å². The van der Waals surface area contributed by atoms with Crippen molar-refractivity contribution in [3.8, 4) is 11.5 Å². The van der Waals surface area contributed by atoms with E-state index in [2.05, 4.69) is 4.98 Å². The molecule has 4 rings (SSSR count). The highest BCUT2D eigenvalue weighted by Crippen LogP contribution is 2.42. The summed E-state index contributed by atoms with van der Waals surface area (Å²) in [6.07, 6.45) is 0.484. The van der Waals surface area contributed by atoms with E-state index in [9.17, 15) is 9.59 Å². The number of nitrogens with two attached hydrogens (primary N) is 2. The predicted molar refractivity (Wildman–Crippen MR) is 138 cm³/mol. The second-order valence-electron chi connectivity index (χ2n) is 8.14. The monoisotopic (exact) mass is 511 g/mol. The molecule has 11 heteroatoms. The van der Waals surface area contributed by atoms with E-state index in [1.807, 2.05) is 18.2 Å². The summed E-state index contributed by atoms with van der Waals surface area (Å²) in [7, 11) is 4.69. The third-order valence-corrected chi connectivity index (χ3v) is 7.22. The molecular weight excluding hydrogens is 482 g/mol. The molecule has 0 saturated heterocycles. The number of carbonyl (C=O) groups is 2. The Morgan fingerprint density at radius 3 is 2.56 bits per heavy atom. The van der Waals surface area contributed by atoms with Gasteiger partial charge in [0, 0.05) is 43.1 Å². The van der Waals surface area contributed by atoms with Crippen LogP contribution in [0.15, 0.2) is 42.5 Å². The molecule has 2 aromatic carbocycles. The van der Waals surface area contributed by atoms with Crippen LogP contribution in [0.25, 0.3) is 0 Å². The molecule has 10 nitrogen and oxygen atoms in total.